The molecule has 9 N–H and O–H groups in total. The Balaban J connectivity index is 1.67. The molecule has 0 fully saturated rings. The van der Waals surface area contributed by atoms with E-state index in [4.69, 9.17) is 0 Å². The van der Waals surface area contributed by atoms with Gasteiger partial charge in [-0.1, -0.05) is 84.9 Å². The van der Waals surface area contributed by atoms with Crippen LogP contribution in [0.4, 0.5) is 0 Å². The van der Waals surface area contributed by atoms with Crippen molar-refractivity contribution in [3.63, 3.8) is 0 Å². The van der Waals surface area contributed by atoms with Crippen LogP contribution in [0.1, 0.15) is 5.56 Å². The Labute approximate surface area is 273 Å². The third-order valence-electron chi connectivity index (χ3n) is 8.82. The van der Waals surface area contributed by atoms with E-state index in [0.29, 0.717) is 21.5 Å². The standard InChI is InChI=1S/C39H28O9/c1-18-31(40)33(42)28(34(43)32(18)41)22-14-15-25-26(17-22)29(30-35(44)37(46)39(48)38(47)36(30)45)24-13-6-5-12-23(24)27(25)21-11-7-10-20(16-21)19-8-3-2-4-9-19/h2-17,40-48H,1H3. The average Bonchev–Trinajstić information content (AvgIpc) is 3.11. The first-order valence-electron chi connectivity index (χ1n) is 14.8. The summed E-state index contributed by atoms with van der Waals surface area (Å²) >= 11 is 0. The van der Waals surface area contributed by atoms with E-state index < -0.39 is 57.3 Å². The molecule has 0 atom stereocenters. The molecule has 0 radical (unpaired) electrons. The summed E-state index contributed by atoms with van der Waals surface area (Å²) in [6.45, 7) is 1.32. The molecule has 0 aliphatic rings. The molecule has 0 saturated heterocycles. The number of phenols is 9. The van der Waals surface area contributed by atoms with E-state index in [2.05, 4.69) is 0 Å². The SMILES string of the molecule is Cc1c(O)c(O)c(-c2ccc3c(-c4cccc(-c5ccccc5)c4)c4ccccc4c(-c4c(O)c(O)c(O)c(O)c4O)c3c2)c(O)c1O. The van der Waals surface area contributed by atoms with Crippen molar-refractivity contribution < 1.29 is 46.0 Å². The Morgan fingerprint density at radius 2 is 0.750 bits per heavy atom. The number of hydrogen-bond donors (Lipinski definition) is 9. The molecular weight excluding hydrogens is 612 g/mol. The molecule has 0 heterocycles. The van der Waals surface area contributed by atoms with Gasteiger partial charge in [0.2, 0.25) is 17.2 Å². The lowest BCUT2D eigenvalue weighted by molar-refractivity contribution is 0.330. The van der Waals surface area contributed by atoms with Crippen LogP contribution in [0.3, 0.4) is 0 Å². The summed E-state index contributed by atoms with van der Waals surface area (Å²) in [5.74, 6) is -7.70. The van der Waals surface area contributed by atoms with E-state index in [0.717, 1.165) is 22.3 Å². The Kier molecular flexibility index (Phi) is 6.83. The minimum atomic E-state index is -1.11. The topological polar surface area (TPSA) is 182 Å². The van der Waals surface area contributed by atoms with Gasteiger partial charge >= 0.3 is 0 Å². The van der Waals surface area contributed by atoms with Crippen molar-refractivity contribution in [3.05, 3.63) is 103 Å². The van der Waals surface area contributed by atoms with Gasteiger partial charge in [-0.3, -0.25) is 0 Å². The smallest absolute Gasteiger partial charge is 0.208 e. The molecule has 9 heteroatoms. The van der Waals surface area contributed by atoms with E-state index >= 15 is 0 Å². The van der Waals surface area contributed by atoms with Crippen LogP contribution in [0.25, 0.3) is 66.1 Å². The molecule has 0 aromatic heterocycles. The third kappa shape index (κ3) is 4.33. The fourth-order valence-electron chi connectivity index (χ4n) is 6.41. The lowest BCUT2D eigenvalue weighted by Gasteiger charge is -2.21. The van der Waals surface area contributed by atoms with E-state index in [-0.39, 0.29) is 22.3 Å². The van der Waals surface area contributed by atoms with E-state index in [1.165, 1.54) is 13.0 Å². The summed E-state index contributed by atoms with van der Waals surface area (Å²) < 4.78 is 0. The molecule has 0 aliphatic heterocycles. The summed E-state index contributed by atoms with van der Waals surface area (Å²) in [6, 6.07) is 29.5. The van der Waals surface area contributed by atoms with Crippen LogP contribution in [0.5, 0.6) is 51.7 Å². The van der Waals surface area contributed by atoms with Gasteiger partial charge in [0.1, 0.15) is 0 Å². The van der Waals surface area contributed by atoms with Gasteiger partial charge in [-0.05, 0) is 68.4 Å². The third-order valence-corrected chi connectivity index (χ3v) is 8.82. The lowest BCUT2D eigenvalue weighted by Crippen LogP contribution is -1.94. The zero-order chi connectivity index (χ0) is 34.0. The average molecular weight is 641 g/mol. The summed E-state index contributed by atoms with van der Waals surface area (Å²) in [4.78, 5) is 0. The molecule has 0 aliphatic carbocycles. The first-order valence-corrected chi connectivity index (χ1v) is 14.8. The van der Waals surface area contributed by atoms with Crippen molar-refractivity contribution in [1.82, 2.24) is 0 Å². The largest absolute Gasteiger partial charge is 0.504 e. The summed E-state index contributed by atoms with van der Waals surface area (Å²) in [6.07, 6.45) is 0. The van der Waals surface area contributed by atoms with Crippen molar-refractivity contribution >= 4 is 21.5 Å². The number of hydrogen-bond acceptors (Lipinski definition) is 9. The van der Waals surface area contributed by atoms with Crippen molar-refractivity contribution in [3.8, 4) is 96.3 Å². The predicted molar refractivity (Wildman–Crippen MR) is 183 cm³/mol. The maximum atomic E-state index is 11.2. The molecule has 0 unspecified atom stereocenters. The maximum absolute atomic E-state index is 11.2. The van der Waals surface area contributed by atoms with Gasteiger partial charge in [0, 0.05) is 11.1 Å². The van der Waals surface area contributed by atoms with Crippen LogP contribution in [-0.2, 0) is 0 Å². The first-order chi connectivity index (χ1) is 23.0. The van der Waals surface area contributed by atoms with Crippen molar-refractivity contribution in [1.29, 1.82) is 0 Å². The second kappa shape index (κ2) is 11.0. The van der Waals surface area contributed by atoms with Gasteiger partial charge in [-0.25, -0.2) is 0 Å². The molecule has 7 aromatic rings. The van der Waals surface area contributed by atoms with Gasteiger partial charge in [-0.2, -0.15) is 0 Å². The number of benzene rings is 7. The summed E-state index contributed by atoms with van der Waals surface area (Å²) in [5, 5.41) is 98.6. The van der Waals surface area contributed by atoms with E-state index in [1.54, 1.807) is 24.3 Å². The number of aromatic hydroxyl groups is 9. The Morgan fingerprint density at radius 1 is 0.292 bits per heavy atom. The predicted octanol–water partition coefficient (Wildman–Crippen LogP) is 8.32. The van der Waals surface area contributed by atoms with Crippen LogP contribution in [-0.4, -0.2) is 46.0 Å². The zero-order valence-electron chi connectivity index (χ0n) is 25.3. The van der Waals surface area contributed by atoms with Crippen molar-refractivity contribution in [2.45, 2.75) is 6.92 Å². The highest BCUT2D eigenvalue weighted by atomic mass is 16.4. The fraction of sp³-hybridized carbons (Fsp3) is 0.0256. The number of rotatable bonds is 4. The molecule has 9 nitrogen and oxygen atoms in total. The Morgan fingerprint density at radius 3 is 1.38 bits per heavy atom. The van der Waals surface area contributed by atoms with Crippen LogP contribution >= 0.6 is 0 Å². The minimum Gasteiger partial charge on any atom is -0.504 e. The number of fused-ring (bicyclic) bond motifs is 2. The zero-order valence-corrected chi connectivity index (χ0v) is 25.3. The molecule has 0 bridgehead atoms. The van der Waals surface area contributed by atoms with Crippen molar-refractivity contribution in [2.75, 3.05) is 0 Å². The summed E-state index contributed by atoms with van der Waals surface area (Å²) in [5.41, 5.74) is 2.92. The quantitative estimate of drug-likeness (QED) is 0.0519. The van der Waals surface area contributed by atoms with Gasteiger partial charge in [0.05, 0.1) is 11.1 Å². The molecule has 0 spiro atoms. The van der Waals surface area contributed by atoms with Crippen LogP contribution in [0, 0.1) is 6.92 Å². The second-order valence-electron chi connectivity index (χ2n) is 11.5. The van der Waals surface area contributed by atoms with E-state index in [9.17, 15) is 46.0 Å². The molecule has 0 amide bonds. The van der Waals surface area contributed by atoms with Gasteiger partial charge in [0.15, 0.2) is 34.5 Å². The van der Waals surface area contributed by atoms with Crippen LogP contribution in [0.2, 0.25) is 0 Å². The summed E-state index contributed by atoms with van der Waals surface area (Å²) in [7, 11) is 0. The normalized spacial score (nSPS) is 11.4. The first kappa shape index (κ1) is 29.9. The van der Waals surface area contributed by atoms with Crippen molar-refractivity contribution in [2.24, 2.45) is 0 Å². The van der Waals surface area contributed by atoms with Gasteiger partial charge in [-0.15, -0.1) is 0 Å². The molecule has 0 saturated carbocycles. The lowest BCUT2D eigenvalue weighted by atomic mass is 9.83. The minimum absolute atomic E-state index is 0.130. The van der Waals surface area contributed by atoms with Crippen LogP contribution in [0.15, 0.2) is 97.1 Å². The molecule has 7 aromatic carbocycles. The fourth-order valence-corrected chi connectivity index (χ4v) is 6.41. The van der Waals surface area contributed by atoms with E-state index in [1.807, 2.05) is 66.7 Å². The highest BCUT2D eigenvalue weighted by Crippen LogP contribution is 2.58. The van der Waals surface area contributed by atoms with Gasteiger partial charge < -0.3 is 46.0 Å². The second-order valence-corrected chi connectivity index (χ2v) is 11.5. The highest BCUT2D eigenvalue weighted by molar-refractivity contribution is 6.23. The molecule has 238 valence electrons. The molecular formula is C39H28O9. The highest BCUT2D eigenvalue weighted by Gasteiger charge is 2.29. The Hall–Kier alpha value is -6.74. The van der Waals surface area contributed by atoms with Crippen LogP contribution < -0.4 is 0 Å². The monoisotopic (exact) mass is 640 g/mol. The number of phenolic OH excluding ortho intramolecular Hbond substituents is 9. The molecule has 7 rings (SSSR count). The van der Waals surface area contributed by atoms with Gasteiger partial charge in [0.25, 0.3) is 0 Å². The maximum Gasteiger partial charge on any atom is 0.208 e. The molecule has 48 heavy (non-hydrogen) atoms. The Bertz CT molecular complexity index is 2390.